The third-order valence-electron chi connectivity index (χ3n) is 6.02. The molecule has 4 nitrogen and oxygen atoms in total. The van der Waals surface area contributed by atoms with Crippen LogP contribution in [0.5, 0.6) is 23.0 Å². The van der Waals surface area contributed by atoms with Gasteiger partial charge in [-0.1, -0.05) is 47.6 Å². The molecule has 0 saturated heterocycles. The van der Waals surface area contributed by atoms with Crippen molar-refractivity contribution in [2.24, 2.45) is 0 Å². The van der Waals surface area contributed by atoms with Gasteiger partial charge in [0.15, 0.2) is 23.0 Å². The summed E-state index contributed by atoms with van der Waals surface area (Å²) in [5.41, 5.74) is 5.21. The Morgan fingerprint density at radius 1 is 0.828 bits per heavy atom. The summed E-state index contributed by atoms with van der Waals surface area (Å²) in [6, 6.07) is 8.53. The van der Waals surface area contributed by atoms with Crippen molar-refractivity contribution in [1.29, 1.82) is 0 Å². The average molecular weight is 397 g/mol. The molecule has 0 spiro atoms. The average Bonchev–Trinajstić information content (AvgIpc) is 3.31. The Morgan fingerprint density at radius 3 is 2.00 bits per heavy atom. The van der Waals surface area contributed by atoms with E-state index in [9.17, 15) is 0 Å². The third kappa shape index (κ3) is 3.65. The maximum Gasteiger partial charge on any atom is 0.242 e. The molecule has 2 aliphatic rings. The fraction of sp³-hybridized carbons (Fsp3) is 0.520. The van der Waals surface area contributed by atoms with Crippen LogP contribution in [-0.4, -0.2) is 13.1 Å². The molecule has 2 heterocycles. The molecule has 0 N–H and O–H groups in total. The van der Waals surface area contributed by atoms with Crippen LogP contribution >= 0.6 is 0 Å². The van der Waals surface area contributed by atoms with Crippen LogP contribution in [0.3, 0.4) is 0 Å². The normalized spacial score (nSPS) is 16.1. The Labute approximate surface area is 174 Å². The second-order valence-electron chi connectivity index (χ2n) is 8.76. The van der Waals surface area contributed by atoms with E-state index in [0.29, 0.717) is 18.6 Å². The highest BCUT2D eigenvalue weighted by Gasteiger charge is 2.30. The molecule has 2 aliphatic heterocycles. The van der Waals surface area contributed by atoms with Crippen molar-refractivity contribution in [3.8, 4) is 23.0 Å². The number of benzene rings is 2. The molecule has 0 aromatic heterocycles. The minimum Gasteiger partial charge on any atom is -0.454 e. The van der Waals surface area contributed by atoms with Gasteiger partial charge in [0, 0.05) is 12.0 Å². The fourth-order valence-corrected chi connectivity index (χ4v) is 4.47. The van der Waals surface area contributed by atoms with Gasteiger partial charge in [-0.3, -0.25) is 0 Å². The maximum absolute atomic E-state index is 6.21. The van der Waals surface area contributed by atoms with E-state index in [1.807, 2.05) is 6.07 Å². The smallest absolute Gasteiger partial charge is 0.242 e. The van der Waals surface area contributed by atoms with Crippen LogP contribution in [0.4, 0.5) is 0 Å². The van der Waals surface area contributed by atoms with E-state index >= 15 is 0 Å². The van der Waals surface area contributed by atoms with Gasteiger partial charge in [-0.05, 0) is 59.1 Å². The zero-order valence-electron chi connectivity index (χ0n) is 18.4. The van der Waals surface area contributed by atoms with Crippen LogP contribution in [0, 0.1) is 0 Å². The Bertz CT molecular complexity index is 863. The predicted molar refractivity (Wildman–Crippen MR) is 115 cm³/mol. The first-order valence-corrected chi connectivity index (χ1v) is 10.8. The van der Waals surface area contributed by atoms with Gasteiger partial charge in [-0.2, -0.15) is 0 Å². The molecule has 0 amide bonds. The molecule has 0 saturated carbocycles. The molecule has 2 aromatic rings. The fourth-order valence-electron chi connectivity index (χ4n) is 4.47. The molecule has 0 radical (unpaired) electrons. The molecule has 1 unspecified atom stereocenters. The van der Waals surface area contributed by atoms with Gasteiger partial charge in [-0.15, -0.1) is 0 Å². The van der Waals surface area contributed by atoms with Crippen molar-refractivity contribution in [2.45, 2.75) is 78.4 Å². The van der Waals surface area contributed by atoms with Crippen molar-refractivity contribution >= 4 is 0 Å². The summed E-state index contributed by atoms with van der Waals surface area (Å²) in [7, 11) is 0. The largest absolute Gasteiger partial charge is 0.454 e. The highest BCUT2D eigenvalue weighted by molar-refractivity contribution is 5.53. The van der Waals surface area contributed by atoms with Gasteiger partial charge < -0.3 is 18.9 Å². The molecule has 0 bridgehead atoms. The van der Waals surface area contributed by atoms with Gasteiger partial charge >= 0.3 is 0 Å². The van der Waals surface area contributed by atoms with Crippen molar-refractivity contribution in [3.05, 3.63) is 46.5 Å². The van der Waals surface area contributed by atoms with Crippen molar-refractivity contribution in [2.75, 3.05) is 6.79 Å². The van der Waals surface area contributed by atoms with Crippen LogP contribution in [0.15, 0.2) is 24.3 Å². The number of ether oxygens (including phenoxy) is 4. The second-order valence-corrected chi connectivity index (χ2v) is 8.76. The van der Waals surface area contributed by atoms with Crippen LogP contribution < -0.4 is 18.9 Å². The Kier molecular flexibility index (Phi) is 5.37. The first-order chi connectivity index (χ1) is 13.9. The summed E-state index contributed by atoms with van der Waals surface area (Å²) in [5.74, 6) is 4.69. The van der Waals surface area contributed by atoms with Gasteiger partial charge in [0.2, 0.25) is 13.1 Å². The molecular weight excluding hydrogens is 364 g/mol. The van der Waals surface area contributed by atoms with E-state index in [2.05, 4.69) is 59.7 Å². The minimum absolute atomic E-state index is 0.266. The van der Waals surface area contributed by atoms with Gasteiger partial charge in [0.05, 0.1) is 0 Å². The lowest BCUT2D eigenvalue weighted by atomic mass is 9.90. The molecule has 156 valence electrons. The molecule has 0 aliphatic carbocycles. The zero-order valence-corrected chi connectivity index (χ0v) is 18.4. The Morgan fingerprint density at radius 2 is 1.45 bits per heavy atom. The molecule has 4 rings (SSSR count). The summed E-state index contributed by atoms with van der Waals surface area (Å²) < 4.78 is 23.7. The predicted octanol–water partition coefficient (Wildman–Crippen LogP) is 6.52. The van der Waals surface area contributed by atoms with E-state index in [4.69, 9.17) is 18.9 Å². The quantitative estimate of drug-likeness (QED) is 0.557. The van der Waals surface area contributed by atoms with E-state index in [0.717, 1.165) is 35.8 Å². The summed E-state index contributed by atoms with van der Waals surface area (Å²) >= 11 is 0. The lowest BCUT2D eigenvalue weighted by Gasteiger charge is -2.20. The van der Waals surface area contributed by atoms with E-state index < -0.39 is 0 Å². The molecule has 0 fully saturated rings. The highest BCUT2D eigenvalue weighted by atomic mass is 16.7. The first kappa shape index (κ1) is 19.9. The molecule has 29 heavy (non-hydrogen) atoms. The van der Waals surface area contributed by atoms with Crippen LogP contribution in [0.25, 0.3) is 0 Å². The standard InChI is InChI=1S/C25H32O4/c1-7-17-18(8-9-21-25(17)27-13-26-21)16(6)10-24-28-22-11-19(14(2)3)20(15(4)5)12-23(22)29-24/h8-9,11-12,14-16,24H,7,10,13H2,1-6H3. The summed E-state index contributed by atoms with van der Waals surface area (Å²) in [6.45, 7) is 13.6. The van der Waals surface area contributed by atoms with E-state index in [1.165, 1.54) is 22.3 Å². The van der Waals surface area contributed by atoms with Gasteiger partial charge in [0.25, 0.3) is 0 Å². The highest BCUT2D eigenvalue weighted by Crippen LogP contribution is 2.44. The van der Waals surface area contributed by atoms with Gasteiger partial charge in [0.1, 0.15) is 0 Å². The summed E-state index contributed by atoms with van der Waals surface area (Å²) in [4.78, 5) is 0. The number of rotatable bonds is 6. The zero-order chi connectivity index (χ0) is 20.7. The minimum atomic E-state index is -0.266. The second kappa shape index (κ2) is 7.81. The maximum atomic E-state index is 6.21. The Hall–Kier alpha value is -2.36. The summed E-state index contributed by atoms with van der Waals surface area (Å²) in [6.07, 6.45) is 1.43. The summed E-state index contributed by atoms with van der Waals surface area (Å²) in [5, 5.41) is 0. The van der Waals surface area contributed by atoms with Crippen LogP contribution in [0.1, 0.15) is 88.0 Å². The van der Waals surface area contributed by atoms with Crippen molar-refractivity contribution in [3.63, 3.8) is 0 Å². The molecule has 2 aromatic carbocycles. The third-order valence-corrected chi connectivity index (χ3v) is 6.02. The monoisotopic (exact) mass is 396 g/mol. The lowest BCUT2D eigenvalue weighted by molar-refractivity contribution is 0.0366. The number of hydrogen-bond donors (Lipinski definition) is 0. The molecular formula is C25H32O4. The number of hydrogen-bond acceptors (Lipinski definition) is 4. The van der Waals surface area contributed by atoms with Crippen molar-refractivity contribution < 1.29 is 18.9 Å². The van der Waals surface area contributed by atoms with Crippen LogP contribution in [-0.2, 0) is 6.42 Å². The van der Waals surface area contributed by atoms with Gasteiger partial charge in [-0.25, -0.2) is 0 Å². The van der Waals surface area contributed by atoms with E-state index in [-0.39, 0.29) is 12.2 Å². The number of fused-ring (bicyclic) bond motifs is 2. The molecule has 1 atom stereocenters. The van der Waals surface area contributed by atoms with E-state index in [1.54, 1.807) is 0 Å². The Balaban J connectivity index is 1.54. The molecule has 4 heteroatoms. The van der Waals surface area contributed by atoms with Crippen LogP contribution in [0.2, 0.25) is 0 Å². The SMILES string of the molecule is CCc1c(C(C)CC2Oc3cc(C(C)C)c(C(C)C)cc3O2)ccc2c1OCO2. The topological polar surface area (TPSA) is 36.9 Å². The first-order valence-electron chi connectivity index (χ1n) is 10.8. The van der Waals surface area contributed by atoms with Crippen molar-refractivity contribution in [1.82, 2.24) is 0 Å². The lowest BCUT2D eigenvalue weighted by Crippen LogP contribution is -2.21.